The monoisotopic (exact) mass is 606 g/mol. The Hall–Kier alpha value is -4.04. The minimum Gasteiger partial charge on any atom is -0.485 e. The first-order valence-corrected chi connectivity index (χ1v) is 14.6. The van der Waals surface area contributed by atoms with Crippen molar-refractivity contribution in [3.8, 4) is 29.0 Å². The van der Waals surface area contributed by atoms with E-state index in [2.05, 4.69) is 59.0 Å². The number of ether oxygens (including phenoxy) is 2. The van der Waals surface area contributed by atoms with Crippen molar-refractivity contribution < 1.29 is 19.0 Å². The fourth-order valence-electron chi connectivity index (χ4n) is 5.20. The Kier molecular flexibility index (Phi) is 9.25. The minimum absolute atomic E-state index is 0.0116. The van der Waals surface area contributed by atoms with E-state index >= 15 is 4.39 Å². The molecule has 0 bridgehead atoms. The second kappa shape index (κ2) is 13.1. The lowest BCUT2D eigenvalue weighted by Crippen LogP contribution is -2.52. The van der Waals surface area contributed by atoms with E-state index in [1.165, 1.54) is 6.33 Å². The Morgan fingerprint density at radius 1 is 1.19 bits per heavy atom. The molecule has 0 aliphatic carbocycles. The van der Waals surface area contributed by atoms with Gasteiger partial charge in [0, 0.05) is 56.5 Å². The molecule has 2 fully saturated rings. The molecule has 1 aromatic carbocycles. The quantitative estimate of drug-likeness (QED) is 0.349. The number of halogens is 1. The summed E-state index contributed by atoms with van der Waals surface area (Å²) in [6.45, 7) is 7.80. The van der Waals surface area contributed by atoms with Crippen LogP contribution in [0.4, 0.5) is 21.7 Å². The standard InChI is InChI=1S/C30H36FN8O3P/c1-20(17-40)39-9-8-26(30(31,43)18-39)42-25-6-4-21(14-22(25)16-32)23-15-28(34-19-33-23)35-27-7-5-24(29(36-27)41-3)38-12-10-37(2)11-13-38/h4-7,14-15,19,26,40H,1,8-13,17-18,43H2,2-3H3,(H,33,34,35,36)/t26-,30?/m1/s1. The van der Waals surface area contributed by atoms with Crippen LogP contribution in [0.2, 0.25) is 0 Å². The van der Waals surface area contributed by atoms with Gasteiger partial charge in [0.05, 0.1) is 31.5 Å². The van der Waals surface area contributed by atoms with Crippen molar-refractivity contribution in [2.24, 2.45) is 0 Å². The van der Waals surface area contributed by atoms with E-state index in [1.54, 1.807) is 36.3 Å². The normalized spacial score (nSPS) is 20.8. The number of pyridine rings is 1. The van der Waals surface area contributed by atoms with Crippen LogP contribution >= 0.6 is 9.24 Å². The van der Waals surface area contributed by atoms with Crippen molar-refractivity contribution in [3.63, 3.8) is 0 Å². The lowest BCUT2D eigenvalue weighted by molar-refractivity contribution is 0.00838. The molecule has 0 radical (unpaired) electrons. The summed E-state index contributed by atoms with van der Waals surface area (Å²) in [5.41, 5.74) is 2.93. The van der Waals surface area contributed by atoms with Crippen molar-refractivity contribution >= 4 is 26.6 Å². The van der Waals surface area contributed by atoms with Gasteiger partial charge in [0.2, 0.25) is 5.88 Å². The van der Waals surface area contributed by atoms with Gasteiger partial charge in [0.25, 0.3) is 0 Å². The molecule has 4 heterocycles. The number of aliphatic hydroxyl groups excluding tert-OH is 1. The minimum atomic E-state index is -1.78. The van der Waals surface area contributed by atoms with Gasteiger partial charge in [-0.1, -0.05) is 15.8 Å². The number of alkyl halides is 1. The van der Waals surface area contributed by atoms with E-state index in [4.69, 9.17) is 9.47 Å². The molecule has 0 saturated carbocycles. The van der Waals surface area contributed by atoms with E-state index in [0.29, 0.717) is 53.2 Å². The number of piperidine rings is 1. The number of likely N-dealkylation sites (N-methyl/N-ethyl adjacent to an activating group) is 1. The van der Waals surface area contributed by atoms with Crippen LogP contribution in [0.5, 0.6) is 11.6 Å². The van der Waals surface area contributed by atoms with Crippen LogP contribution in [-0.4, -0.2) is 101 Å². The van der Waals surface area contributed by atoms with Crippen molar-refractivity contribution in [3.05, 3.63) is 60.6 Å². The zero-order valence-corrected chi connectivity index (χ0v) is 25.5. The maximum absolute atomic E-state index is 15.5. The molecule has 2 aliphatic heterocycles. The average molecular weight is 607 g/mol. The third kappa shape index (κ3) is 6.96. The average Bonchev–Trinajstić information content (AvgIpc) is 3.02. The number of methoxy groups -OCH3 is 1. The van der Waals surface area contributed by atoms with E-state index in [-0.39, 0.29) is 18.7 Å². The SMILES string of the molecule is C=C(CO)N1CC[C@@H](Oc2ccc(-c3cc(Nc4ccc(N5CCN(C)CC5)c(OC)n4)ncn3)cc2C#N)C(F)(P)C1. The molecule has 11 nitrogen and oxygen atoms in total. The molecule has 5 rings (SSSR count). The Balaban J connectivity index is 1.30. The summed E-state index contributed by atoms with van der Waals surface area (Å²) in [7, 11) is 5.94. The summed E-state index contributed by atoms with van der Waals surface area (Å²) in [5, 5.41) is 20.7. The Morgan fingerprint density at radius 2 is 1.98 bits per heavy atom. The molecule has 0 spiro atoms. The highest BCUT2D eigenvalue weighted by Crippen LogP contribution is 2.37. The number of hydrogen-bond acceptors (Lipinski definition) is 11. The van der Waals surface area contributed by atoms with Crippen molar-refractivity contribution in [2.75, 3.05) is 70.2 Å². The van der Waals surface area contributed by atoms with Crippen LogP contribution in [0.25, 0.3) is 11.3 Å². The summed E-state index contributed by atoms with van der Waals surface area (Å²) < 4.78 is 27.1. The van der Waals surface area contributed by atoms with Gasteiger partial charge in [-0.25, -0.2) is 14.4 Å². The summed E-state index contributed by atoms with van der Waals surface area (Å²) in [4.78, 5) is 19.6. The highest BCUT2D eigenvalue weighted by Gasteiger charge is 2.42. The number of aromatic nitrogens is 3. The number of piperazine rings is 1. The van der Waals surface area contributed by atoms with Gasteiger partial charge >= 0.3 is 0 Å². The van der Waals surface area contributed by atoms with E-state index < -0.39 is 11.5 Å². The first-order valence-electron chi connectivity index (χ1n) is 14.0. The van der Waals surface area contributed by atoms with Crippen LogP contribution in [0.1, 0.15) is 12.0 Å². The third-order valence-corrected chi connectivity index (χ3v) is 8.28. The summed E-state index contributed by atoms with van der Waals surface area (Å²) >= 11 is 0. The molecule has 2 saturated heterocycles. The summed E-state index contributed by atoms with van der Waals surface area (Å²) in [6, 6.07) is 12.9. The van der Waals surface area contributed by atoms with Gasteiger partial charge in [-0.3, -0.25) is 0 Å². The van der Waals surface area contributed by atoms with Crippen LogP contribution in [0, 0.1) is 11.3 Å². The molecule has 2 aromatic heterocycles. The number of nitrogens with zero attached hydrogens (tertiary/aromatic N) is 7. The number of hydrogen-bond donors (Lipinski definition) is 2. The highest BCUT2D eigenvalue weighted by molar-refractivity contribution is 7.18. The van der Waals surface area contributed by atoms with Crippen molar-refractivity contribution in [1.82, 2.24) is 24.8 Å². The van der Waals surface area contributed by atoms with Crippen molar-refractivity contribution in [2.45, 2.75) is 17.9 Å². The fraction of sp³-hybridized carbons (Fsp3) is 0.400. The van der Waals surface area contributed by atoms with Gasteiger partial charge in [-0.15, -0.1) is 0 Å². The molecule has 3 aromatic rings. The topological polar surface area (TPSA) is 123 Å². The second-order valence-corrected chi connectivity index (χ2v) is 11.7. The van der Waals surface area contributed by atoms with Gasteiger partial charge < -0.3 is 34.6 Å². The Morgan fingerprint density at radius 3 is 2.67 bits per heavy atom. The van der Waals surface area contributed by atoms with Gasteiger partial charge in [-0.2, -0.15) is 10.2 Å². The first-order chi connectivity index (χ1) is 20.7. The summed E-state index contributed by atoms with van der Waals surface area (Å²) in [6.07, 6.45) is 1.01. The van der Waals surface area contributed by atoms with Gasteiger partial charge in [0.1, 0.15) is 41.6 Å². The maximum atomic E-state index is 15.5. The van der Waals surface area contributed by atoms with E-state index in [1.807, 2.05) is 12.1 Å². The number of anilines is 3. The predicted molar refractivity (Wildman–Crippen MR) is 166 cm³/mol. The molecule has 2 unspecified atom stereocenters. The first kappa shape index (κ1) is 30.4. The third-order valence-electron chi connectivity index (χ3n) is 7.73. The molecule has 2 aliphatic rings. The molecular weight excluding hydrogens is 570 g/mol. The Labute approximate surface area is 253 Å². The number of nitrogens with one attached hydrogen (secondary N) is 1. The number of likely N-dealkylation sites (tertiary alicyclic amines) is 1. The molecule has 13 heteroatoms. The number of rotatable bonds is 9. The van der Waals surface area contributed by atoms with Crippen LogP contribution < -0.4 is 19.7 Å². The number of benzene rings is 1. The van der Waals surface area contributed by atoms with Crippen LogP contribution in [-0.2, 0) is 0 Å². The van der Waals surface area contributed by atoms with Crippen LogP contribution in [0.3, 0.4) is 0 Å². The van der Waals surface area contributed by atoms with E-state index in [9.17, 15) is 10.4 Å². The Bertz CT molecular complexity index is 1510. The number of nitriles is 1. The second-order valence-electron chi connectivity index (χ2n) is 10.7. The smallest absolute Gasteiger partial charge is 0.239 e. The number of aliphatic hydroxyl groups is 1. The van der Waals surface area contributed by atoms with Gasteiger partial charge in [0.15, 0.2) is 5.41 Å². The lowest BCUT2D eigenvalue weighted by atomic mass is 10.0. The van der Waals surface area contributed by atoms with Crippen molar-refractivity contribution in [1.29, 1.82) is 5.26 Å². The molecular formula is C30H36FN8O3P. The molecule has 3 atom stereocenters. The molecule has 226 valence electrons. The maximum Gasteiger partial charge on any atom is 0.239 e. The molecule has 0 amide bonds. The predicted octanol–water partition coefficient (Wildman–Crippen LogP) is 3.41. The van der Waals surface area contributed by atoms with Gasteiger partial charge in [-0.05, 0) is 37.4 Å². The zero-order valence-electron chi connectivity index (χ0n) is 24.3. The molecule has 43 heavy (non-hydrogen) atoms. The zero-order chi connectivity index (χ0) is 30.6. The molecule has 2 N–H and O–H groups in total. The van der Waals surface area contributed by atoms with E-state index in [0.717, 1.165) is 31.9 Å². The fourth-order valence-corrected chi connectivity index (χ4v) is 5.66. The largest absolute Gasteiger partial charge is 0.485 e. The lowest BCUT2D eigenvalue weighted by Gasteiger charge is -2.42. The highest BCUT2D eigenvalue weighted by atomic mass is 31.0. The van der Waals surface area contributed by atoms with Crippen LogP contribution in [0.15, 0.2) is 55.0 Å². The summed E-state index contributed by atoms with van der Waals surface area (Å²) in [5.74, 6) is 1.91.